The maximum atomic E-state index is 12.0. The maximum Gasteiger partial charge on any atom is 0.224 e. The van der Waals surface area contributed by atoms with E-state index in [0.29, 0.717) is 23.7 Å². The van der Waals surface area contributed by atoms with Crippen molar-refractivity contribution < 1.29 is 9.59 Å². The van der Waals surface area contributed by atoms with Crippen LogP contribution in [0, 0.1) is 0 Å². The number of amides is 2. The molecule has 0 unspecified atom stereocenters. The summed E-state index contributed by atoms with van der Waals surface area (Å²) in [4.78, 5) is 27.2. The summed E-state index contributed by atoms with van der Waals surface area (Å²) < 4.78 is 0. The normalized spacial score (nSPS) is 14.4. The summed E-state index contributed by atoms with van der Waals surface area (Å²) in [5.41, 5.74) is 0.663. The molecule has 1 saturated heterocycles. The minimum Gasteiger partial charge on any atom is -0.343 e. The molecule has 5 heteroatoms. The molecule has 1 heterocycles. The first-order valence-corrected chi connectivity index (χ1v) is 7.28. The van der Waals surface area contributed by atoms with Crippen molar-refractivity contribution in [2.75, 3.05) is 24.5 Å². The molecule has 0 aliphatic carbocycles. The van der Waals surface area contributed by atoms with Crippen LogP contribution in [-0.2, 0) is 9.59 Å². The number of hydrogen-bond donors (Lipinski definition) is 0. The first kappa shape index (κ1) is 14.9. The van der Waals surface area contributed by atoms with Gasteiger partial charge in [0.05, 0.1) is 10.7 Å². The van der Waals surface area contributed by atoms with Gasteiger partial charge < -0.3 is 9.80 Å². The molecule has 1 aliphatic rings. The number of benzene rings is 1. The van der Waals surface area contributed by atoms with Gasteiger partial charge >= 0.3 is 0 Å². The number of rotatable bonds is 4. The molecule has 2 amide bonds. The van der Waals surface area contributed by atoms with Crippen LogP contribution >= 0.6 is 11.6 Å². The standard InChI is InChI=1S/C15H19ClN2O2/c1-12(19)18(14-7-3-2-6-13(14)16)11-8-15(20)17-9-4-5-10-17/h2-3,6-7H,4-5,8-11H2,1H3. The molecule has 20 heavy (non-hydrogen) atoms. The number of anilines is 1. The highest BCUT2D eigenvalue weighted by Crippen LogP contribution is 2.25. The van der Waals surface area contributed by atoms with Crippen molar-refractivity contribution >= 4 is 29.1 Å². The number of likely N-dealkylation sites (tertiary alicyclic amines) is 1. The van der Waals surface area contributed by atoms with Crippen LogP contribution < -0.4 is 4.90 Å². The Hall–Kier alpha value is -1.55. The molecule has 0 N–H and O–H groups in total. The minimum atomic E-state index is -0.104. The zero-order valence-electron chi connectivity index (χ0n) is 11.6. The van der Waals surface area contributed by atoms with Crippen LogP contribution in [0.2, 0.25) is 5.02 Å². The largest absolute Gasteiger partial charge is 0.343 e. The number of halogens is 1. The van der Waals surface area contributed by atoms with E-state index in [4.69, 9.17) is 11.6 Å². The fourth-order valence-corrected chi connectivity index (χ4v) is 2.69. The van der Waals surface area contributed by atoms with Crippen molar-refractivity contribution in [1.29, 1.82) is 0 Å². The van der Waals surface area contributed by atoms with Gasteiger partial charge in [-0.15, -0.1) is 0 Å². The van der Waals surface area contributed by atoms with E-state index in [1.54, 1.807) is 17.0 Å². The Morgan fingerprint density at radius 1 is 1.25 bits per heavy atom. The van der Waals surface area contributed by atoms with Crippen molar-refractivity contribution in [2.24, 2.45) is 0 Å². The molecule has 4 nitrogen and oxygen atoms in total. The molecule has 1 fully saturated rings. The van der Waals surface area contributed by atoms with Crippen LogP contribution in [0.5, 0.6) is 0 Å². The number of carbonyl (C=O) groups excluding carboxylic acids is 2. The first-order chi connectivity index (χ1) is 9.59. The van der Waals surface area contributed by atoms with Gasteiger partial charge in [-0.05, 0) is 25.0 Å². The molecule has 0 bridgehead atoms. The van der Waals surface area contributed by atoms with Crippen molar-refractivity contribution in [2.45, 2.75) is 26.2 Å². The van der Waals surface area contributed by atoms with E-state index in [0.717, 1.165) is 25.9 Å². The van der Waals surface area contributed by atoms with E-state index in [1.165, 1.54) is 6.92 Å². The number of carbonyl (C=O) groups is 2. The lowest BCUT2D eigenvalue weighted by Crippen LogP contribution is -2.35. The molecule has 108 valence electrons. The number of nitrogens with zero attached hydrogens (tertiary/aromatic N) is 2. The highest BCUT2D eigenvalue weighted by Gasteiger charge is 2.20. The lowest BCUT2D eigenvalue weighted by atomic mass is 10.2. The summed E-state index contributed by atoms with van der Waals surface area (Å²) in [6, 6.07) is 7.19. The quantitative estimate of drug-likeness (QED) is 0.857. The molecule has 2 rings (SSSR count). The third-order valence-electron chi connectivity index (χ3n) is 3.53. The van der Waals surface area contributed by atoms with Gasteiger partial charge in [-0.2, -0.15) is 0 Å². The van der Waals surface area contributed by atoms with Crippen molar-refractivity contribution in [3.63, 3.8) is 0 Å². The Kier molecular flexibility index (Phi) is 5.01. The zero-order valence-corrected chi connectivity index (χ0v) is 12.4. The number of para-hydroxylation sites is 1. The van der Waals surface area contributed by atoms with Crippen LogP contribution in [0.25, 0.3) is 0 Å². The Labute approximate surface area is 124 Å². The summed E-state index contributed by atoms with van der Waals surface area (Å²) >= 11 is 6.12. The molecule has 1 aliphatic heterocycles. The third kappa shape index (κ3) is 3.51. The van der Waals surface area contributed by atoms with Gasteiger partial charge in [0.2, 0.25) is 11.8 Å². The van der Waals surface area contributed by atoms with Crippen LogP contribution in [0.15, 0.2) is 24.3 Å². The molecular formula is C15H19ClN2O2. The predicted octanol–water partition coefficient (Wildman–Crippen LogP) is 2.71. The molecule has 1 aromatic carbocycles. The van der Waals surface area contributed by atoms with E-state index < -0.39 is 0 Å². The van der Waals surface area contributed by atoms with E-state index in [1.807, 2.05) is 17.0 Å². The van der Waals surface area contributed by atoms with Gasteiger partial charge in [0.15, 0.2) is 0 Å². The van der Waals surface area contributed by atoms with Crippen molar-refractivity contribution in [1.82, 2.24) is 4.90 Å². The summed E-state index contributed by atoms with van der Waals surface area (Å²) in [6.45, 7) is 3.54. The van der Waals surface area contributed by atoms with Crippen molar-refractivity contribution in [3.05, 3.63) is 29.3 Å². The average molecular weight is 295 g/mol. The van der Waals surface area contributed by atoms with E-state index >= 15 is 0 Å². The molecular weight excluding hydrogens is 276 g/mol. The Balaban J connectivity index is 2.01. The van der Waals surface area contributed by atoms with E-state index in [2.05, 4.69) is 0 Å². The molecule has 0 saturated carbocycles. The van der Waals surface area contributed by atoms with Gasteiger partial charge in [0.1, 0.15) is 0 Å². The topological polar surface area (TPSA) is 40.6 Å². The van der Waals surface area contributed by atoms with E-state index in [9.17, 15) is 9.59 Å². The maximum absolute atomic E-state index is 12.0. The Morgan fingerprint density at radius 2 is 1.90 bits per heavy atom. The Bertz CT molecular complexity index is 498. The van der Waals surface area contributed by atoms with Crippen molar-refractivity contribution in [3.8, 4) is 0 Å². The van der Waals surface area contributed by atoms with Gasteiger partial charge in [0, 0.05) is 33.0 Å². The second kappa shape index (κ2) is 6.75. The third-order valence-corrected chi connectivity index (χ3v) is 3.85. The predicted molar refractivity (Wildman–Crippen MR) is 79.9 cm³/mol. The van der Waals surface area contributed by atoms with Gasteiger partial charge in [0.25, 0.3) is 0 Å². The fourth-order valence-electron chi connectivity index (χ4n) is 2.45. The Morgan fingerprint density at radius 3 is 2.50 bits per heavy atom. The summed E-state index contributed by atoms with van der Waals surface area (Å²) in [6.07, 6.45) is 2.49. The second-order valence-corrected chi connectivity index (χ2v) is 5.37. The molecule has 0 atom stereocenters. The smallest absolute Gasteiger partial charge is 0.224 e. The lowest BCUT2D eigenvalue weighted by Gasteiger charge is -2.23. The van der Waals surface area contributed by atoms with Gasteiger partial charge in [-0.25, -0.2) is 0 Å². The van der Waals surface area contributed by atoms with E-state index in [-0.39, 0.29) is 11.8 Å². The summed E-state index contributed by atoms with van der Waals surface area (Å²) in [5.74, 6) is 0.00752. The number of hydrogen-bond acceptors (Lipinski definition) is 2. The van der Waals surface area contributed by atoms with Gasteiger partial charge in [-0.3, -0.25) is 9.59 Å². The van der Waals surface area contributed by atoms with Crippen LogP contribution in [-0.4, -0.2) is 36.3 Å². The zero-order chi connectivity index (χ0) is 14.5. The lowest BCUT2D eigenvalue weighted by molar-refractivity contribution is -0.129. The highest BCUT2D eigenvalue weighted by molar-refractivity contribution is 6.33. The van der Waals surface area contributed by atoms with Crippen LogP contribution in [0.1, 0.15) is 26.2 Å². The molecule has 0 radical (unpaired) electrons. The minimum absolute atomic E-state index is 0.104. The van der Waals surface area contributed by atoms with Gasteiger partial charge in [-0.1, -0.05) is 23.7 Å². The molecule has 0 spiro atoms. The highest BCUT2D eigenvalue weighted by atomic mass is 35.5. The van der Waals surface area contributed by atoms with Crippen LogP contribution in [0.3, 0.4) is 0 Å². The first-order valence-electron chi connectivity index (χ1n) is 6.90. The summed E-state index contributed by atoms with van der Waals surface area (Å²) in [5, 5.41) is 0.524. The fraction of sp³-hybridized carbons (Fsp3) is 0.467. The monoisotopic (exact) mass is 294 g/mol. The SMILES string of the molecule is CC(=O)N(CCC(=O)N1CCCC1)c1ccccc1Cl. The molecule has 1 aromatic rings. The molecule has 0 aromatic heterocycles. The average Bonchev–Trinajstić information content (AvgIpc) is 2.94. The van der Waals surface area contributed by atoms with Crippen LogP contribution in [0.4, 0.5) is 5.69 Å². The second-order valence-electron chi connectivity index (χ2n) is 4.96. The summed E-state index contributed by atoms with van der Waals surface area (Å²) in [7, 11) is 0.